The van der Waals surface area contributed by atoms with E-state index in [2.05, 4.69) is 26.6 Å². The maximum Gasteiger partial charge on any atom is 0.253 e. The zero-order valence-electron chi connectivity index (χ0n) is 12.8. The van der Waals surface area contributed by atoms with E-state index in [4.69, 9.17) is 4.74 Å². The molecule has 23 heavy (non-hydrogen) atoms. The molecule has 1 saturated heterocycles. The number of hydrogen-bond donors (Lipinski definition) is 1. The summed E-state index contributed by atoms with van der Waals surface area (Å²) in [6, 6.07) is 6.09. The molecule has 0 radical (unpaired) electrons. The van der Waals surface area contributed by atoms with Crippen LogP contribution in [0.1, 0.15) is 23.3 Å². The van der Waals surface area contributed by atoms with E-state index in [0.717, 1.165) is 43.9 Å². The molecule has 120 valence electrons. The van der Waals surface area contributed by atoms with E-state index < -0.39 is 0 Å². The summed E-state index contributed by atoms with van der Waals surface area (Å²) in [5.74, 6) is 0.884. The first-order valence-electron chi connectivity index (χ1n) is 7.98. The zero-order valence-corrected chi connectivity index (χ0v) is 13.6. The number of amides is 1. The van der Waals surface area contributed by atoms with Crippen LogP contribution in [0.15, 0.2) is 29.8 Å². The standard InChI is InChI=1S/C17H19N3O2S/c21-17(14-2-1-8-22-14)19-13-3-4-16(18-10-13)20-7-5-15-12(11-20)6-9-23-15/h3-4,6,9-10,14H,1-2,5,7-8,11H2,(H,19,21)/t14-/m0/s1. The number of nitrogens with one attached hydrogen (secondary N) is 1. The molecule has 1 atom stereocenters. The first-order valence-corrected chi connectivity index (χ1v) is 8.86. The SMILES string of the molecule is O=C(Nc1ccc(N2CCc3sccc3C2)nc1)[C@@H]1CCCO1. The van der Waals surface area contributed by atoms with Crippen LogP contribution in [-0.4, -0.2) is 30.1 Å². The summed E-state index contributed by atoms with van der Waals surface area (Å²) in [7, 11) is 0. The molecule has 1 N–H and O–H groups in total. The van der Waals surface area contributed by atoms with E-state index in [1.54, 1.807) is 6.20 Å². The van der Waals surface area contributed by atoms with Crippen molar-refractivity contribution in [3.05, 3.63) is 40.2 Å². The Morgan fingerprint density at radius 3 is 3.13 bits per heavy atom. The third-order valence-corrected chi connectivity index (χ3v) is 5.39. The number of rotatable bonds is 3. The van der Waals surface area contributed by atoms with Gasteiger partial charge in [0.1, 0.15) is 11.9 Å². The number of thiophene rings is 1. The monoisotopic (exact) mass is 329 g/mol. The molecule has 1 fully saturated rings. The van der Waals surface area contributed by atoms with Crippen molar-refractivity contribution >= 4 is 28.7 Å². The Morgan fingerprint density at radius 1 is 1.39 bits per heavy atom. The number of aromatic nitrogens is 1. The van der Waals surface area contributed by atoms with Crippen molar-refractivity contribution in [3.8, 4) is 0 Å². The van der Waals surface area contributed by atoms with Gasteiger partial charge in [0.15, 0.2) is 0 Å². The fourth-order valence-corrected chi connectivity index (χ4v) is 3.99. The molecule has 6 heteroatoms. The number of nitrogens with zero attached hydrogens (tertiary/aromatic N) is 2. The lowest BCUT2D eigenvalue weighted by Gasteiger charge is -2.28. The second-order valence-corrected chi connectivity index (χ2v) is 6.94. The lowest BCUT2D eigenvalue weighted by Crippen LogP contribution is -2.30. The van der Waals surface area contributed by atoms with Crippen LogP contribution in [0.3, 0.4) is 0 Å². The van der Waals surface area contributed by atoms with Crippen LogP contribution in [0.5, 0.6) is 0 Å². The van der Waals surface area contributed by atoms with Crippen molar-refractivity contribution in [1.82, 2.24) is 4.98 Å². The molecule has 0 saturated carbocycles. The van der Waals surface area contributed by atoms with Crippen molar-refractivity contribution in [2.45, 2.75) is 31.9 Å². The lowest BCUT2D eigenvalue weighted by atomic mass is 10.1. The highest BCUT2D eigenvalue weighted by molar-refractivity contribution is 7.10. The molecule has 0 bridgehead atoms. The lowest BCUT2D eigenvalue weighted by molar-refractivity contribution is -0.124. The molecule has 4 rings (SSSR count). The number of hydrogen-bond acceptors (Lipinski definition) is 5. The highest BCUT2D eigenvalue weighted by atomic mass is 32.1. The van der Waals surface area contributed by atoms with Gasteiger partial charge in [0, 0.05) is 24.6 Å². The number of pyridine rings is 1. The highest BCUT2D eigenvalue weighted by Gasteiger charge is 2.24. The van der Waals surface area contributed by atoms with Crippen molar-refractivity contribution in [2.75, 3.05) is 23.4 Å². The summed E-state index contributed by atoms with van der Waals surface area (Å²) in [6.07, 6.45) is 4.24. The molecule has 2 aromatic rings. The minimum absolute atomic E-state index is 0.0714. The molecule has 0 unspecified atom stereocenters. The van der Waals surface area contributed by atoms with E-state index in [-0.39, 0.29) is 12.0 Å². The van der Waals surface area contributed by atoms with Crippen molar-refractivity contribution in [1.29, 1.82) is 0 Å². The number of anilines is 2. The first-order chi connectivity index (χ1) is 11.3. The molecule has 2 aromatic heterocycles. The Morgan fingerprint density at radius 2 is 2.35 bits per heavy atom. The van der Waals surface area contributed by atoms with Crippen LogP contribution in [0, 0.1) is 0 Å². The molecule has 2 aliphatic heterocycles. The van der Waals surface area contributed by atoms with Gasteiger partial charge in [0.25, 0.3) is 5.91 Å². The maximum absolute atomic E-state index is 12.0. The highest BCUT2D eigenvalue weighted by Crippen LogP contribution is 2.27. The molecule has 0 aromatic carbocycles. The van der Waals surface area contributed by atoms with Gasteiger partial charge in [-0.05, 0) is 48.4 Å². The summed E-state index contributed by atoms with van der Waals surface area (Å²) in [5, 5.41) is 5.04. The van der Waals surface area contributed by atoms with Gasteiger partial charge in [-0.25, -0.2) is 4.98 Å². The predicted octanol–water partition coefficient (Wildman–Crippen LogP) is 2.82. The van der Waals surface area contributed by atoms with Crippen molar-refractivity contribution in [3.63, 3.8) is 0 Å². The van der Waals surface area contributed by atoms with Gasteiger partial charge in [-0.2, -0.15) is 0 Å². The van der Waals surface area contributed by atoms with Crippen molar-refractivity contribution < 1.29 is 9.53 Å². The summed E-state index contributed by atoms with van der Waals surface area (Å²) >= 11 is 1.84. The van der Waals surface area contributed by atoms with E-state index in [0.29, 0.717) is 6.61 Å². The zero-order chi connectivity index (χ0) is 15.6. The molecular weight excluding hydrogens is 310 g/mol. The minimum atomic E-state index is -0.311. The molecule has 4 heterocycles. The molecular formula is C17H19N3O2S. The van der Waals surface area contributed by atoms with Crippen LogP contribution in [0.25, 0.3) is 0 Å². The van der Waals surface area contributed by atoms with Gasteiger partial charge in [-0.3, -0.25) is 4.79 Å². The van der Waals surface area contributed by atoms with Crippen LogP contribution in [0.4, 0.5) is 11.5 Å². The molecule has 0 aliphatic carbocycles. The molecule has 5 nitrogen and oxygen atoms in total. The summed E-state index contributed by atoms with van der Waals surface area (Å²) in [4.78, 5) is 20.3. The fraction of sp³-hybridized carbons (Fsp3) is 0.412. The number of carbonyl (C=O) groups excluding carboxylic acids is 1. The average molecular weight is 329 g/mol. The average Bonchev–Trinajstić information content (AvgIpc) is 3.26. The van der Waals surface area contributed by atoms with E-state index >= 15 is 0 Å². The Labute approximate surface area is 139 Å². The molecule has 1 amide bonds. The number of ether oxygens (including phenoxy) is 1. The van der Waals surface area contributed by atoms with Crippen LogP contribution < -0.4 is 10.2 Å². The van der Waals surface area contributed by atoms with Gasteiger partial charge >= 0.3 is 0 Å². The van der Waals surface area contributed by atoms with E-state index in [9.17, 15) is 4.79 Å². The third kappa shape index (κ3) is 3.09. The van der Waals surface area contributed by atoms with Crippen LogP contribution in [-0.2, 0) is 22.5 Å². The summed E-state index contributed by atoms with van der Waals surface area (Å²) in [5.41, 5.74) is 2.13. The van der Waals surface area contributed by atoms with Gasteiger partial charge in [-0.15, -0.1) is 11.3 Å². The number of fused-ring (bicyclic) bond motifs is 1. The van der Waals surface area contributed by atoms with Crippen LogP contribution >= 0.6 is 11.3 Å². The Hall–Kier alpha value is -1.92. The Bertz CT molecular complexity index is 692. The Balaban J connectivity index is 1.41. The maximum atomic E-state index is 12.0. The van der Waals surface area contributed by atoms with Crippen molar-refractivity contribution in [2.24, 2.45) is 0 Å². The van der Waals surface area contributed by atoms with E-state index in [1.807, 2.05) is 23.5 Å². The van der Waals surface area contributed by atoms with E-state index in [1.165, 1.54) is 10.4 Å². The Kier molecular flexibility index (Phi) is 4.01. The predicted molar refractivity (Wildman–Crippen MR) is 90.9 cm³/mol. The smallest absolute Gasteiger partial charge is 0.253 e. The molecule has 0 spiro atoms. The van der Waals surface area contributed by atoms with Gasteiger partial charge < -0.3 is 15.0 Å². The third-order valence-electron chi connectivity index (χ3n) is 4.37. The van der Waals surface area contributed by atoms with Crippen LogP contribution in [0.2, 0.25) is 0 Å². The molecule has 2 aliphatic rings. The van der Waals surface area contributed by atoms with Gasteiger partial charge in [-0.1, -0.05) is 0 Å². The number of carbonyl (C=O) groups is 1. The second-order valence-electron chi connectivity index (χ2n) is 5.94. The second kappa shape index (κ2) is 6.29. The van der Waals surface area contributed by atoms with Gasteiger partial charge in [0.2, 0.25) is 0 Å². The topological polar surface area (TPSA) is 54.5 Å². The normalized spacial score (nSPS) is 20.3. The summed E-state index contributed by atoms with van der Waals surface area (Å²) in [6.45, 7) is 2.57. The first kappa shape index (κ1) is 14.7. The quantitative estimate of drug-likeness (QED) is 0.941. The fourth-order valence-electron chi connectivity index (χ4n) is 3.10. The largest absolute Gasteiger partial charge is 0.368 e. The summed E-state index contributed by atoms with van der Waals surface area (Å²) < 4.78 is 5.39. The van der Waals surface area contributed by atoms with Gasteiger partial charge in [0.05, 0.1) is 11.9 Å². The minimum Gasteiger partial charge on any atom is -0.368 e.